The number of carbonyl (C=O) groups excluding carboxylic acids is 1. The first kappa shape index (κ1) is 12.5. The number of aromatic nitrogens is 1. The molecule has 3 aromatic rings. The molecular weight excluding hydrogens is 248 g/mol. The number of rotatable bonds is 3. The fraction of sp³-hybridized carbons (Fsp3) is 0.0588. The summed E-state index contributed by atoms with van der Waals surface area (Å²) in [4.78, 5) is 16.7. The Balaban J connectivity index is 1.96. The van der Waals surface area contributed by atoms with Crippen molar-refractivity contribution in [3.63, 3.8) is 0 Å². The highest BCUT2D eigenvalue weighted by Gasteiger charge is 2.17. The monoisotopic (exact) mass is 262 g/mol. The second kappa shape index (κ2) is 5.23. The van der Waals surface area contributed by atoms with Gasteiger partial charge in [-0.25, -0.2) is 0 Å². The fourth-order valence-corrected chi connectivity index (χ4v) is 2.22. The molecule has 3 heteroatoms. The molecule has 2 N–H and O–H groups in total. The Hall–Kier alpha value is -2.52. The van der Waals surface area contributed by atoms with Crippen LogP contribution < -0.4 is 5.73 Å². The molecule has 1 unspecified atom stereocenters. The van der Waals surface area contributed by atoms with Crippen LogP contribution in [-0.2, 0) is 0 Å². The highest BCUT2D eigenvalue weighted by molar-refractivity contribution is 6.03. The number of carbonyl (C=O) groups is 1. The molecule has 2 aromatic carbocycles. The van der Waals surface area contributed by atoms with Crippen LogP contribution in [0.1, 0.15) is 22.0 Å². The maximum Gasteiger partial charge on any atom is 0.184 e. The number of nitrogens with two attached hydrogens (primary N) is 1. The van der Waals surface area contributed by atoms with Crippen molar-refractivity contribution >= 4 is 16.7 Å². The predicted octanol–water partition coefficient (Wildman–Crippen LogP) is 3.12. The first-order valence-corrected chi connectivity index (χ1v) is 6.45. The van der Waals surface area contributed by atoms with Gasteiger partial charge in [0.25, 0.3) is 0 Å². The van der Waals surface area contributed by atoms with Crippen LogP contribution in [0.25, 0.3) is 10.9 Å². The van der Waals surface area contributed by atoms with Gasteiger partial charge in [-0.3, -0.25) is 9.78 Å². The van der Waals surface area contributed by atoms with E-state index in [1.807, 2.05) is 54.6 Å². The summed E-state index contributed by atoms with van der Waals surface area (Å²) in [6, 6.07) is 18.0. The summed E-state index contributed by atoms with van der Waals surface area (Å²) in [5.74, 6) is -0.0815. The Kier molecular flexibility index (Phi) is 3.27. The molecule has 0 spiro atoms. The summed E-state index contributed by atoms with van der Waals surface area (Å²) >= 11 is 0. The van der Waals surface area contributed by atoms with Gasteiger partial charge in [-0.15, -0.1) is 0 Å². The molecular formula is C17H14N2O. The Morgan fingerprint density at radius 1 is 1.00 bits per heavy atom. The van der Waals surface area contributed by atoms with Crippen LogP contribution in [-0.4, -0.2) is 10.8 Å². The van der Waals surface area contributed by atoms with Gasteiger partial charge in [0.1, 0.15) is 0 Å². The predicted molar refractivity (Wildman–Crippen MR) is 79.4 cm³/mol. The van der Waals surface area contributed by atoms with E-state index in [0.29, 0.717) is 5.56 Å². The number of ketones is 1. The number of benzene rings is 2. The molecule has 3 nitrogen and oxygen atoms in total. The van der Waals surface area contributed by atoms with Gasteiger partial charge in [0.2, 0.25) is 0 Å². The minimum Gasteiger partial charge on any atom is -0.318 e. The SMILES string of the molecule is NC(C(=O)c1ccc2ncccc2c1)c1ccccc1. The van der Waals surface area contributed by atoms with Gasteiger partial charge in [0, 0.05) is 17.1 Å². The normalized spacial score (nSPS) is 12.2. The smallest absolute Gasteiger partial charge is 0.184 e. The van der Waals surface area contributed by atoms with Gasteiger partial charge in [-0.1, -0.05) is 36.4 Å². The van der Waals surface area contributed by atoms with Crippen LogP contribution >= 0.6 is 0 Å². The maximum atomic E-state index is 12.4. The molecule has 1 atom stereocenters. The first-order valence-electron chi connectivity index (χ1n) is 6.45. The Morgan fingerprint density at radius 2 is 1.80 bits per heavy atom. The number of nitrogens with zero attached hydrogens (tertiary/aromatic N) is 1. The van der Waals surface area contributed by atoms with Crippen molar-refractivity contribution in [3.05, 3.63) is 78.0 Å². The highest BCUT2D eigenvalue weighted by Crippen LogP contribution is 2.19. The molecule has 20 heavy (non-hydrogen) atoms. The third-order valence-electron chi connectivity index (χ3n) is 3.33. The maximum absolute atomic E-state index is 12.4. The number of hydrogen-bond acceptors (Lipinski definition) is 3. The van der Waals surface area contributed by atoms with Crippen molar-refractivity contribution < 1.29 is 4.79 Å². The van der Waals surface area contributed by atoms with Gasteiger partial charge >= 0.3 is 0 Å². The van der Waals surface area contributed by atoms with Crippen LogP contribution in [0, 0.1) is 0 Å². The molecule has 1 heterocycles. The zero-order valence-electron chi connectivity index (χ0n) is 10.9. The van der Waals surface area contributed by atoms with Crippen molar-refractivity contribution in [2.24, 2.45) is 5.73 Å². The molecule has 1 aromatic heterocycles. The molecule has 98 valence electrons. The molecule has 0 saturated carbocycles. The summed E-state index contributed by atoms with van der Waals surface area (Å²) < 4.78 is 0. The van der Waals surface area contributed by atoms with Crippen molar-refractivity contribution in [2.75, 3.05) is 0 Å². The summed E-state index contributed by atoms with van der Waals surface area (Å²) in [6.07, 6.45) is 1.74. The van der Waals surface area contributed by atoms with E-state index in [4.69, 9.17) is 5.73 Å². The number of Topliss-reactive ketones (excluding diaryl/α,β-unsaturated/α-hetero) is 1. The number of hydrogen-bond donors (Lipinski definition) is 1. The van der Waals surface area contributed by atoms with E-state index in [0.717, 1.165) is 16.5 Å². The van der Waals surface area contributed by atoms with Crippen LogP contribution in [0.15, 0.2) is 66.9 Å². The summed E-state index contributed by atoms with van der Waals surface area (Å²) in [6.45, 7) is 0. The standard InChI is InChI=1S/C17H14N2O/c18-16(12-5-2-1-3-6-12)17(20)14-8-9-15-13(11-14)7-4-10-19-15/h1-11,16H,18H2. The second-order valence-corrected chi connectivity index (χ2v) is 4.66. The quantitative estimate of drug-likeness (QED) is 0.738. The zero-order chi connectivity index (χ0) is 13.9. The lowest BCUT2D eigenvalue weighted by Gasteiger charge is -2.11. The van der Waals surface area contributed by atoms with Crippen LogP contribution in [0.4, 0.5) is 0 Å². The number of fused-ring (bicyclic) bond motifs is 1. The fourth-order valence-electron chi connectivity index (χ4n) is 2.22. The molecule has 0 aliphatic carbocycles. The lowest BCUT2D eigenvalue weighted by molar-refractivity contribution is 0.0961. The van der Waals surface area contributed by atoms with E-state index in [-0.39, 0.29) is 5.78 Å². The highest BCUT2D eigenvalue weighted by atomic mass is 16.1. The lowest BCUT2D eigenvalue weighted by atomic mass is 9.97. The molecule has 0 amide bonds. The van der Waals surface area contributed by atoms with E-state index in [1.54, 1.807) is 12.3 Å². The molecule has 0 saturated heterocycles. The van der Waals surface area contributed by atoms with Gasteiger partial charge in [0.05, 0.1) is 11.6 Å². The van der Waals surface area contributed by atoms with E-state index >= 15 is 0 Å². The van der Waals surface area contributed by atoms with E-state index in [9.17, 15) is 4.79 Å². The van der Waals surface area contributed by atoms with E-state index in [2.05, 4.69) is 4.98 Å². The molecule has 3 rings (SSSR count). The van der Waals surface area contributed by atoms with Crippen LogP contribution in [0.5, 0.6) is 0 Å². The van der Waals surface area contributed by atoms with Crippen molar-refractivity contribution in [3.8, 4) is 0 Å². The van der Waals surface area contributed by atoms with E-state index in [1.165, 1.54) is 0 Å². The van der Waals surface area contributed by atoms with Gasteiger partial charge in [-0.2, -0.15) is 0 Å². The number of pyridine rings is 1. The van der Waals surface area contributed by atoms with Gasteiger partial charge in [-0.05, 0) is 29.8 Å². The zero-order valence-corrected chi connectivity index (χ0v) is 10.9. The van der Waals surface area contributed by atoms with Crippen molar-refractivity contribution in [2.45, 2.75) is 6.04 Å². The Morgan fingerprint density at radius 3 is 2.60 bits per heavy atom. The van der Waals surface area contributed by atoms with Gasteiger partial charge < -0.3 is 5.73 Å². The average molecular weight is 262 g/mol. The average Bonchev–Trinajstić information content (AvgIpc) is 2.54. The molecule has 0 aliphatic rings. The van der Waals surface area contributed by atoms with E-state index < -0.39 is 6.04 Å². The van der Waals surface area contributed by atoms with Crippen LogP contribution in [0.3, 0.4) is 0 Å². The summed E-state index contributed by atoms with van der Waals surface area (Å²) in [5.41, 5.74) is 8.36. The van der Waals surface area contributed by atoms with Gasteiger partial charge in [0.15, 0.2) is 5.78 Å². The van der Waals surface area contributed by atoms with Crippen molar-refractivity contribution in [1.82, 2.24) is 4.98 Å². The molecule has 0 fully saturated rings. The largest absolute Gasteiger partial charge is 0.318 e. The van der Waals surface area contributed by atoms with Crippen molar-refractivity contribution in [1.29, 1.82) is 0 Å². The topological polar surface area (TPSA) is 56.0 Å². The Labute approximate surface area is 117 Å². The first-order chi connectivity index (χ1) is 9.75. The minimum atomic E-state index is -0.634. The van der Waals surface area contributed by atoms with Crippen LogP contribution in [0.2, 0.25) is 0 Å². The third-order valence-corrected chi connectivity index (χ3v) is 3.33. The lowest BCUT2D eigenvalue weighted by Crippen LogP contribution is -2.21. The summed E-state index contributed by atoms with van der Waals surface area (Å²) in [5, 5.41) is 0.943. The molecule has 0 bridgehead atoms. The summed E-state index contributed by atoms with van der Waals surface area (Å²) in [7, 11) is 0. The second-order valence-electron chi connectivity index (χ2n) is 4.66. The molecule has 0 aliphatic heterocycles. The third kappa shape index (κ3) is 2.31. The minimum absolute atomic E-state index is 0.0815. The molecule has 0 radical (unpaired) electrons. The Bertz CT molecular complexity index is 753.